The van der Waals surface area contributed by atoms with Crippen LogP contribution in [0.1, 0.15) is 48.5 Å². The molecule has 1 aromatic rings. The fourth-order valence-corrected chi connectivity index (χ4v) is 2.81. The van der Waals surface area contributed by atoms with Crippen LogP contribution in [0, 0.1) is 6.92 Å². The lowest BCUT2D eigenvalue weighted by Crippen LogP contribution is -2.33. The number of carbonyl (C=O) groups is 1. The quantitative estimate of drug-likeness (QED) is 0.689. The second-order valence-electron chi connectivity index (χ2n) is 5.82. The number of nitrogens with zero attached hydrogens (tertiary/aromatic N) is 1. The molecule has 4 nitrogen and oxygen atoms in total. The summed E-state index contributed by atoms with van der Waals surface area (Å²) in [4.78, 5) is 13.7. The molecule has 4 heteroatoms. The molecule has 1 aromatic carbocycles. The van der Waals surface area contributed by atoms with Crippen molar-refractivity contribution in [3.8, 4) is 11.5 Å². The van der Waals surface area contributed by atoms with Crippen LogP contribution in [0.3, 0.4) is 0 Å². The predicted octanol–water partition coefficient (Wildman–Crippen LogP) is 3.46. The zero-order valence-electron chi connectivity index (χ0n) is 13.8. The Morgan fingerprint density at radius 3 is 2.59 bits per heavy atom. The van der Waals surface area contributed by atoms with Gasteiger partial charge in [-0.2, -0.15) is 0 Å². The highest BCUT2D eigenvalue weighted by molar-refractivity contribution is 5.81. The number of rotatable bonds is 8. The fraction of sp³-hybridized carbons (Fsp3) is 0.611. The van der Waals surface area contributed by atoms with Gasteiger partial charge in [-0.3, -0.25) is 9.69 Å². The second-order valence-corrected chi connectivity index (χ2v) is 5.82. The average molecular weight is 305 g/mol. The van der Waals surface area contributed by atoms with Gasteiger partial charge in [0, 0.05) is 12.1 Å². The van der Waals surface area contributed by atoms with E-state index in [1.54, 1.807) is 6.07 Å². The van der Waals surface area contributed by atoms with E-state index in [2.05, 4.69) is 11.8 Å². The Labute approximate surface area is 133 Å². The normalized spacial score (nSPS) is 15.5. The smallest absolute Gasteiger partial charge is 0.153 e. The highest BCUT2D eigenvalue weighted by Crippen LogP contribution is 2.31. The molecular formula is C18H27NO3. The third kappa shape index (κ3) is 4.47. The Hall–Kier alpha value is -1.55. The van der Waals surface area contributed by atoms with Crippen LogP contribution in [0.25, 0.3) is 0 Å². The van der Waals surface area contributed by atoms with Crippen molar-refractivity contribution in [1.29, 1.82) is 0 Å². The summed E-state index contributed by atoms with van der Waals surface area (Å²) < 4.78 is 11.6. The van der Waals surface area contributed by atoms with Gasteiger partial charge in [-0.05, 0) is 51.4 Å². The van der Waals surface area contributed by atoms with Gasteiger partial charge in [-0.1, -0.05) is 13.3 Å². The van der Waals surface area contributed by atoms with E-state index in [4.69, 9.17) is 9.47 Å². The lowest BCUT2D eigenvalue weighted by molar-refractivity contribution is 0.111. The molecule has 22 heavy (non-hydrogen) atoms. The van der Waals surface area contributed by atoms with Crippen LogP contribution in [0.15, 0.2) is 12.1 Å². The molecule has 122 valence electrons. The molecule has 0 saturated carbocycles. The molecular weight excluding hydrogens is 278 g/mol. The van der Waals surface area contributed by atoms with Crippen molar-refractivity contribution in [3.05, 3.63) is 23.3 Å². The van der Waals surface area contributed by atoms with Gasteiger partial charge in [0.05, 0.1) is 12.2 Å². The Morgan fingerprint density at radius 2 is 1.91 bits per heavy atom. The maximum atomic E-state index is 11.2. The number of aldehydes is 1. The van der Waals surface area contributed by atoms with Crippen molar-refractivity contribution in [1.82, 2.24) is 4.90 Å². The monoisotopic (exact) mass is 305 g/mol. The van der Waals surface area contributed by atoms with Gasteiger partial charge in [0.1, 0.15) is 18.1 Å². The van der Waals surface area contributed by atoms with Crippen LogP contribution >= 0.6 is 0 Å². The molecule has 1 aliphatic heterocycles. The molecule has 2 rings (SSSR count). The molecule has 1 heterocycles. The zero-order chi connectivity index (χ0) is 15.8. The summed E-state index contributed by atoms with van der Waals surface area (Å²) in [5.41, 5.74) is 1.51. The van der Waals surface area contributed by atoms with Crippen molar-refractivity contribution in [3.63, 3.8) is 0 Å². The van der Waals surface area contributed by atoms with Gasteiger partial charge >= 0.3 is 0 Å². The molecule has 0 bridgehead atoms. The molecule has 0 amide bonds. The minimum absolute atomic E-state index is 0.597. The maximum Gasteiger partial charge on any atom is 0.153 e. The van der Waals surface area contributed by atoms with Crippen molar-refractivity contribution >= 4 is 6.29 Å². The van der Waals surface area contributed by atoms with Crippen molar-refractivity contribution in [2.75, 3.05) is 32.8 Å². The SMILES string of the molecule is CCCOc1ccc(C=O)c(OCCN2CCCCC2)c1C. The molecule has 0 aliphatic carbocycles. The van der Waals surface area contributed by atoms with Crippen LogP contribution in [-0.4, -0.2) is 44.0 Å². The van der Waals surface area contributed by atoms with Crippen LogP contribution in [0.4, 0.5) is 0 Å². The van der Waals surface area contributed by atoms with E-state index in [1.165, 1.54) is 19.3 Å². The molecule has 0 radical (unpaired) electrons. The Kier molecular flexibility index (Phi) is 6.72. The number of hydrogen-bond acceptors (Lipinski definition) is 4. The van der Waals surface area contributed by atoms with Gasteiger partial charge in [-0.15, -0.1) is 0 Å². The molecule has 0 spiro atoms. The summed E-state index contributed by atoms with van der Waals surface area (Å²) in [7, 11) is 0. The van der Waals surface area contributed by atoms with E-state index >= 15 is 0 Å². The van der Waals surface area contributed by atoms with Gasteiger partial charge in [-0.25, -0.2) is 0 Å². The molecule has 1 saturated heterocycles. The summed E-state index contributed by atoms with van der Waals surface area (Å²) in [6, 6.07) is 3.63. The summed E-state index contributed by atoms with van der Waals surface area (Å²) in [5.74, 6) is 1.47. The summed E-state index contributed by atoms with van der Waals surface area (Å²) in [5, 5.41) is 0. The molecule has 0 aromatic heterocycles. The Morgan fingerprint density at radius 1 is 1.14 bits per heavy atom. The first kappa shape index (κ1) is 16.8. The molecule has 0 atom stereocenters. The van der Waals surface area contributed by atoms with Crippen LogP contribution in [0.5, 0.6) is 11.5 Å². The van der Waals surface area contributed by atoms with Gasteiger partial charge < -0.3 is 9.47 Å². The number of benzene rings is 1. The number of hydrogen-bond donors (Lipinski definition) is 0. The maximum absolute atomic E-state index is 11.2. The number of piperidine rings is 1. The molecule has 1 fully saturated rings. The van der Waals surface area contributed by atoms with E-state index < -0.39 is 0 Å². The highest BCUT2D eigenvalue weighted by atomic mass is 16.5. The van der Waals surface area contributed by atoms with E-state index in [1.807, 2.05) is 13.0 Å². The molecule has 0 N–H and O–H groups in total. The Balaban J connectivity index is 1.98. The van der Waals surface area contributed by atoms with E-state index in [0.717, 1.165) is 43.7 Å². The highest BCUT2D eigenvalue weighted by Gasteiger charge is 2.14. The largest absolute Gasteiger partial charge is 0.493 e. The lowest BCUT2D eigenvalue weighted by atomic mass is 10.1. The van der Waals surface area contributed by atoms with Gasteiger partial charge in [0.15, 0.2) is 6.29 Å². The first-order chi connectivity index (χ1) is 10.8. The lowest BCUT2D eigenvalue weighted by Gasteiger charge is -2.26. The Bertz CT molecular complexity index is 481. The minimum atomic E-state index is 0.597. The minimum Gasteiger partial charge on any atom is -0.493 e. The number of likely N-dealkylation sites (tertiary alicyclic amines) is 1. The number of ether oxygens (including phenoxy) is 2. The van der Waals surface area contributed by atoms with Crippen molar-refractivity contribution in [2.45, 2.75) is 39.5 Å². The van der Waals surface area contributed by atoms with E-state index in [9.17, 15) is 4.79 Å². The molecule has 0 unspecified atom stereocenters. The summed E-state index contributed by atoms with van der Waals surface area (Å²) in [6.45, 7) is 8.54. The third-order valence-corrected chi connectivity index (χ3v) is 4.08. The van der Waals surface area contributed by atoms with E-state index in [0.29, 0.717) is 24.5 Å². The first-order valence-electron chi connectivity index (χ1n) is 8.33. The van der Waals surface area contributed by atoms with E-state index in [-0.39, 0.29) is 0 Å². The van der Waals surface area contributed by atoms with Gasteiger partial charge in [0.25, 0.3) is 0 Å². The summed E-state index contributed by atoms with van der Waals surface area (Å²) in [6.07, 6.45) is 5.70. The summed E-state index contributed by atoms with van der Waals surface area (Å²) >= 11 is 0. The van der Waals surface area contributed by atoms with Crippen LogP contribution < -0.4 is 9.47 Å². The number of carbonyl (C=O) groups excluding carboxylic acids is 1. The zero-order valence-corrected chi connectivity index (χ0v) is 13.8. The average Bonchev–Trinajstić information content (AvgIpc) is 2.56. The van der Waals surface area contributed by atoms with Crippen molar-refractivity contribution < 1.29 is 14.3 Å². The van der Waals surface area contributed by atoms with Crippen LogP contribution in [0.2, 0.25) is 0 Å². The van der Waals surface area contributed by atoms with Crippen molar-refractivity contribution in [2.24, 2.45) is 0 Å². The van der Waals surface area contributed by atoms with Gasteiger partial charge in [0.2, 0.25) is 0 Å². The predicted molar refractivity (Wildman–Crippen MR) is 88.1 cm³/mol. The third-order valence-electron chi connectivity index (χ3n) is 4.08. The standard InChI is InChI=1S/C18H27NO3/c1-3-12-21-17-8-7-16(14-20)18(15(17)2)22-13-11-19-9-5-4-6-10-19/h7-8,14H,3-6,9-13H2,1-2H3. The van der Waals surface area contributed by atoms with Crippen LogP contribution in [-0.2, 0) is 0 Å². The molecule has 1 aliphatic rings. The topological polar surface area (TPSA) is 38.8 Å². The fourth-order valence-electron chi connectivity index (χ4n) is 2.81. The first-order valence-corrected chi connectivity index (χ1v) is 8.33. The second kappa shape index (κ2) is 8.79.